The van der Waals surface area contributed by atoms with E-state index in [1.165, 1.54) is 11.8 Å². The summed E-state index contributed by atoms with van der Waals surface area (Å²) in [4.78, 5) is 55.7. The second-order valence-electron chi connectivity index (χ2n) is 9.66. The molecule has 3 heterocycles. The summed E-state index contributed by atoms with van der Waals surface area (Å²) in [5.74, 6) is -1.27. The average Bonchev–Trinajstić information content (AvgIpc) is 3.21. The van der Waals surface area contributed by atoms with Gasteiger partial charge in [0, 0.05) is 17.6 Å². The third-order valence-corrected chi connectivity index (χ3v) is 9.99. The minimum absolute atomic E-state index is 0.142. The maximum Gasteiger partial charge on any atom is 0.316 e. The summed E-state index contributed by atoms with van der Waals surface area (Å²) >= 11 is 4.91. The van der Waals surface area contributed by atoms with Gasteiger partial charge in [-0.25, -0.2) is 0 Å². The first-order valence-electron chi connectivity index (χ1n) is 12.2. The molecule has 7 nitrogen and oxygen atoms in total. The van der Waals surface area contributed by atoms with E-state index in [1.54, 1.807) is 29.2 Å². The summed E-state index contributed by atoms with van der Waals surface area (Å²) in [7, 11) is 0. The molecule has 3 aromatic rings. The zero-order chi connectivity index (χ0) is 26.4. The number of alkyl halides is 1. The van der Waals surface area contributed by atoms with Gasteiger partial charge in [0.1, 0.15) is 16.8 Å². The third-order valence-electron chi connectivity index (χ3n) is 7.34. The van der Waals surface area contributed by atoms with Crippen molar-refractivity contribution in [2.45, 2.75) is 17.5 Å². The van der Waals surface area contributed by atoms with Crippen molar-refractivity contribution in [2.24, 2.45) is 5.41 Å². The molecule has 0 aliphatic carbocycles. The van der Waals surface area contributed by atoms with Crippen LogP contribution in [0.15, 0.2) is 84.9 Å². The summed E-state index contributed by atoms with van der Waals surface area (Å²) in [6.45, 7) is 0.142. The highest BCUT2D eigenvalue weighted by Gasteiger charge is 2.61. The number of imide groups is 1. The predicted octanol–water partition coefficient (Wildman–Crippen LogP) is 4.28. The molecule has 6 rings (SSSR count). The predicted molar refractivity (Wildman–Crippen MR) is 146 cm³/mol. The van der Waals surface area contributed by atoms with Crippen LogP contribution in [0.25, 0.3) is 0 Å². The Morgan fingerprint density at radius 3 is 1.95 bits per heavy atom. The van der Waals surface area contributed by atoms with Crippen molar-refractivity contribution in [1.29, 1.82) is 0 Å². The Morgan fingerprint density at radius 1 is 0.895 bits per heavy atom. The van der Waals surface area contributed by atoms with Crippen molar-refractivity contribution in [2.75, 3.05) is 17.6 Å². The number of β-lactam (4-membered cyclic amide) rings is 1. The highest BCUT2D eigenvalue weighted by Crippen LogP contribution is 2.47. The van der Waals surface area contributed by atoms with Gasteiger partial charge in [0.2, 0.25) is 5.91 Å². The molecule has 3 aliphatic rings. The number of carbonyl (C=O) groups excluding carboxylic acids is 4. The van der Waals surface area contributed by atoms with Crippen molar-refractivity contribution in [3.63, 3.8) is 0 Å². The molecular weight excluding hydrogens is 568 g/mol. The molecule has 0 bridgehead atoms. The number of hydrogen-bond acceptors (Lipinski definition) is 6. The fraction of sp³-hybridized carbons (Fsp3) is 0.241. The van der Waals surface area contributed by atoms with Crippen LogP contribution in [0.2, 0.25) is 0 Å². The number of benzene rings is 3. The van der Waals surface area contributed by atoms with Gasteiger partial charge in [-0.15, -0.1) is 11.8 Å². The molecule has 3 aliphatic heterocycles. The van der Waals surface area contributed by atoms with Gasteiger partial charge in [-0.3, -0.25) is 24.1 Å². The van der Waals surface area contributed by atoms with Crippen LogP contribution < -0.4 is 0 Å². The average molecular weight is 591 g/mol. The number of ether oxygens (including phenoxy) is 1. The van der Waals surface area contributed by atoms with Crippen molar-refractivity contribution < 1.29 is 23.9 Å². The number of nitrogens with zero attached hydrogens (tertiary/aromatic N) is 2. The van der Waals surface area contributed by atoms with Crippen LogP contribution in [0, 0.1) is 5.41 Å². The van der Waals surface area contributed by atoms with Gasteiger partial charge in [-0.05, 0) is 23.3 Å². The van der Waals surface area contributed by atoms with E-state index in [4.69, 9.17) is 4.74 Å². The minimum atomic E-state index is -0.981. The fourth-order valence-electron chi connectivity index (χ4n) is 5.24. The van der Waals surface area contributed by atoms with E-state index in [-0.39, 0.29) is 12.5 Å². The van der Waals surface area contributed by atoms with E-state index < -0.39 is 40.7 Å². The number of carbonyl (C=O) groups is 4. The van der Waals surface area contributed by atoms with Crippen LogP contribution >= 0.6 is 27.7 Å². The number of esters is 1. The topological polar surface area (TPSA) is 84.0 Å². The van der Waals surface area contributed by atoms with Crippen molar-refractivity contribution in [3.05, 3.63) is 107 Å². The molecule has 9 heteroatoms. The molecule has 2 fully saturated rings. The molecule has 3 amide bonds. The van der Waals surface area contributed by atoms with Crippen LogP contribution in [0.1, 0.15) is 37.9 Å². The van der Waals surface area contributed by atoms with Gasteiger partial charge in [0.15, 0.2) is 6.10 Å². The number of halogens is 1. The summed E-state index contributed by atoms with van der Waals surface area (Å²) in [6.07, 6.45) is -0.596. The van der Waals surface area contributed by atoms with E-state index in [2.05, 4.69) is 15.9 Å². The highest BCUT2D eigenvalue weighted by molar-refractivity contribution is 9.09. The monoisotopic (exact) mass is 590 g/mol. The van der Waals surface area contributed by atoms with E-state index in [9.17, 15) is 19.2 Å². The first kappa shape index (κ1) is 24.9. The summed E-state index contributed by atoms with van der Waals surface area (Å²) in [5, 5.41) is -0.0974. The Hall–Kier alpha value is -3.43. The molecule has 2 unspecified atom stereocenters. The lowest BCUT2D eigenvalue weighted by Crippen LogP contribution is -2.74. The van der Waals surface area contributed by atoms with E-state index in [1.807, 2.05) is 60.7 Å². The lowest BCUT2D eigenvalue weighted by molar-refractivity contribution is -0.165. The molecule has 0 saturated carbocycles. The van der Waals surface area contributed by atoms with Crippen molar-refractivity contribution in [3.8, 4) is 0 Å². The molecule has 0 aromatic heterocycles. The summed E-state index contributed by atoms with van der Waals surface area (Å²) in [5.41, 5.74) is 1.35. The summed E-state index contributed by atoms with van der Waals surface area (Å²) < 4.78 is 6.16. The van der Waals surface area contributed by atoms with Crippen LogP contribution in [-0.4, -0.2) is 62.5 Å². The van der Waals surface area contributed by atoms with Gasteiger partial charge in [0.05, 0.1) is 11.1 Å². The summed E-state index contributed by atoms with van der Waals surface area (Å²) in [6, 6.07) is 24.8. The number of fused-ring (bicyclic) bond motifs is 2. The Balaban J connectivity index is 1.22. The zero-order valence-corrected chi connectivity index (χ0v) is 22.6. The molecule has 3 aromatic carbocycles. The molecular formula is C29H23BrN2O5S. The Bertz CT molecular complexity index is 1360. The largest absolute Gasteiger partial charge is 0.452 e. The van der Waals surface area contributed by atoms with Gasteiger partial charge in [0.25, 0.3) is 11.8 Å². The first-order valence-corrected chi connectivity index (χ1v) is 14.4. The van der Waals surface area contributed by atoms with Gasteiger partial charge in [-0.1, -0.05) is 88.7 Å². The van der Waals surface area contributed by atoms with Crippen LogP contribution in [0.5, 0.6) is 0 Å². The smallest absolute Gasteiger partial charge is 0.316 e. The van der Waals surface area contributed by atoms with Crippen LogP contribution in [0.3, 0.4) is 0 Å². The van der Waals surface area contributed by atoms with Gasteiger partial charge >= 0.3 is 5.97 Å². The maximum absolute atomic E-state index is 13.8. The molecule has 0 radical (unpaired) electrons. The second-order valence-corrected chi connectivity index (χ2v) is 11.3. The van der Waals surface area contributed by atoms with E-state index >= 15 is 0 Å². The van der Waals surface area contributed by atoms with Crippen molar-refractivity contribution >= 4 is 51.4 Å². The molecule has 38 heavy (non-hydrogen) atoms. The normalized spacial score (nSPS) is 24.2. The molecule has 0 spiro atoms. The maximum atomic E-state index is 13.8. The molecule has 3 atom stereocenters. The number of rotatable bonds is 6. The Kier molecular flexibility index (Phi) is 6.36. The van der Waals surface area contributed by atoms with Crippen molar-refractivity contribution in [1.82, 2.24) is 9.80 Å². The van der Waals surface area contributed by atoms with Crippen LogP contribution in [-0.2, 0) is 14.3 Å². The standard InChI is InChI=1S/C29H23BrN2O5S/c30-15-29(28(36)37-23(18-9-3-1-4-10-18)19-11-5-2-6-12-19)16-31-26(35)22(27(31)38-17-29)32-24(33)20-13-7-8-14-21(20)25(32)34/h1-14,22-23,27H,15-17H2/t22?,27-,29?/m1/s1. The van der Waals surface area contributed by atoms with E-state index in [0.29, 0.717) is 22.2 Å². The number of amides is 3. The first-order chi connectivity index (χ1) is 18.4. The lowest BCUT2D eigenvalue weighted by Gasteiger charge is -2.55. The van der Waals surface area contributed by atoms with Gasteiger partial charge < -0.3 is 9.64 Å². The molecule has 2 saturated heterocycles. The minimum Gasteiger partial charge on any atom is -0.452 e. The fourth-order valence-corrected chi connectivity index (χ4v) is 7.69. The lowest BCUT2D eigenvalue weighted by atomic mass is 9.88. The number of hydrogen-bond donors (Lipinski definition) is 0. The Labute approximate surface area is 232 Å². The molecule has 192 valence electrons. The van der Waals surface area contributed by atoms with Crippen LogP contribution in [0.4, 0.5) is 0 Å². The van der Waals surface area contributed by atoms with E-state index in [0.717, 1.165) is 16.0 Å². The zero-order valence-electron chi connectivity index (χ0n) is 20.2. The highest BCUT2D eigenvalue weighted by atomic mass is 79.9. The van der Waals surface area contributed by atoms with Gasteiger partial charge in [-0.2, -0.15) is 0 Å². The quantitative estimate of drug-likeness (QED) is 0.184. The number of thioether (sulfide) groups is 1. The molecule has 0 N–H and O–H groups in total. The second kappa shape index (κ2) is 9.71. The third kappa shape index (κ3) is 3.87. The SMILES string of the molecule is O=C1c2ccccc2C(=O)N1C1C(=O)N2CC(CBr)(C(=O)OC(c3ccccc3)c3ccccc3)CS[C@H]12. The Morgan fingerprint density at radius 2 is 1.42 bits per heavy atom.